The monoisotopic (exact) mass is 292 g/mol. The standard InChI is InChI=1S/C16H20O5/c1-3-18-12-9-14(17-2)20-13-10-19-16(21-15(12)13)11-7-5-4-6-8-11/h3-8,12-16H,1,9-10H2,2H3/t12-,13+,14-,15-,16?/m0/s1. The molecule has 3 rings (SSSR count). The van der Waals surface area contributed by atoms with Gasteiger partial charge in [-0.15, -0.1) is 0 Å². The lowest BCUT2D eigenvalue weighted by molar-refractivity contribution is -0.334. The number of benzene rings is 1. The van der Waals surface area contributed by atoms with Gasteiger partial charge in [0.15, 0.2) is 12.6 Å². The first-order valence-electron chi connectivity index (χ1n) is 7.08. The molecule has 0 aromatic heterocycles. The lowest BCUT2D eigenvalue weighted by Crippen LogP contribution is -2.55. The van der Waals surface area contributed by atoms with Crippen molar-refractivity contribution >= 4 is 0 Å². The molecule has 2 heterocycles. The molecule has 0 aliphatic carbocycles. The van der Waals surface area contributed by atoms with Crippen molar-refractivity contribution in [3.8, 4) is 0 Å². The smallest absolute Gasteiger partial charge is 0.184 e. The van der Waals surface area contributed by atoms with Crippen LogP contribution in [0.15, 0.2) is 43.2 Å². The molecule has 5 atom stereocenters. The molecule has 2 aliphatic rings. The van der Waals surface area contributed by atoms with Crippen LogP contribution in [0.2, 0.25) is 0 Å². The van der Waals surface area contributed by atoms with Gasteiger partial charge < -0.3 is 23.7 Å². The Bertz CT molecular complexity index is 463. The van der Waals surface area contributed by atoms with Gasteiger partial charge in [0.1, 0.15) is 18.3 Å². The second kappa shape index (κ2) is 6.58. The van der Waals surface area contributed by atoms with Gasteiger partial charge in [-0.05, 0) is 0 Å². The Hall–Kier alpha value is -1.40. The zero-order valence-electron chi connectivity index (χ0n) is 12.0. The van der Waals surface area contributed by atoms with Crippen LogP contribution in [0, 0.1) is 0 Å². The van der Waals surface area contributed by atoms with E-state index in [0.29, 0.717) is 13.0 Å². The van der Waals surface area contributed by atoms with Crippen LogP contribution in [0.3, 0.4) is 0 Å². The van der Waals surface area contributed by atoms with E-state index in [9.17, 15) is 0 Å². The molecule has 2 fully saturated rings. The minimum absolute atomic E-state index is 0.152. The van der Waals surface area contributed by atoms with Crippen molar-refractivity contribution in [2.75, 3.05) is 13.7 Å². The topological polar surface area (TPSA) is 46.2 Å². The Balaban J connectivity index is 1.74. The predicted octanol–water partition coefficient (Wildman–Crippen LogP) is 2.39. The zero-order chi connectivity index (χ0) is 14.7. The van der Waals surface area contributed by atoms with Crippen LogP contribution in [-0.2, 0) is 23.7 Å². The summed E-state index contributed by atoms with van der Waals surface area (Å²) in [4.78, 5) is 0. The molecule has 2 saturated heterocycles. The maximum Gasteiger partial charge on any atom is 0.184 e. The fraction of sp³-hybridized carbons (Fsp3) is 0.500. The Morgan fingerprint density at radius 2 is 2.05 bits per heavy atom. The third kappa shape index (κ3) is 3.11. The maximum atomic E-state index is 6.06. The second-order valence-corrected chi connectivity index (χ2v) is 5.09. The second-order valence-electron chi connectivity index (χ2n) is 5.09. The van der Waals surface area contributed by atoms with E-state index in [-0.39, 0.29) is 24.6 Å². The van der Waals surface area contributed by atoms with E-state index < -0.39 is 6.29 Å². The highest BCUT2D eigenvalue weighted by Crippen LogP contribution is 2.35. The van der Waals surface area contributed by atoms with Crippen molar-refractivity contribution in [3.05, 3.63) is 48.7 Å². The van der Waals surface area contributed by atoms with Crippen LogP contribution in [-0.4, -0.2) is 38.3 Å². The molecule has 5 heteroatoms. The molecule has 1 aromatic rings. The normalized spacial score (nSPS) is 35.8. The van der Waals surface area contributed by atoms with Crippen LogP contribution in [0.4, 0.5) is 0 Å². The summed E-state index contributed by atoms with van der Waals surface area (Å²) in [5, 5.41) is 0. The van der Waals surface area contributed by atoms with Gasteiger partial charge in [0.2, 0.25) is 0 Å². The van der Waals surface area contributed by atoms with Gasteiger partial charge in [-0.1, -0.05) is 36.9 Å². The van der Waals surface area contributed by atoms with Crippen LogP contribution in [0.1, 0.15) is 18.3 Å². The summed E-state index contributed by atoms with van der Waals surface area (Å²) in [7, 11) is 1.62. The Morgan fingerprint density at radius 3 is 2.76 bits per heavy atom. The molecule has 1 aromatic carbocycles. The molecule has 0 N–H and O–H groups in total. The molecule has 114 valence electrons. The number of rotatable bonds is 4. The SMILES string of the molecule is C=CO[C@H]1C[C@@H](OC)O[C@@H]2COC(c3ccccc3)O[C@@H]12. The summed E-state index contributed by atoms with van der Waals surface area (Å²) in [5.41, 5.74) is 0.988. The van der Waals surface area contributed by atoms with E-state index >= 15 is 0 Å². The van der Waals surface area contributed by atoms with E-state index in [2.05, 4.69) is 6.58 Å². The average molecular weight is 292 g/mol. The first-order valence-corrected chi connectivity index (χ1v) is 7.08. The highest BCUT2D eigenvalue weighted by molar-refractivity contribution is 5.16. The van der Waals surface area contributed by atoms with Crippen molar-refractivity contribution in [1.29, 1.82) is 0 Å². The average Bonchev–Trinajstić information content (AvgIpc) is 2.55. The summed E-state index contributed by atoms with van der Waals surface area (Å²) >= 11 is 0. The van der Waals surface area contributed by atoms with Crippen LogP contribution in [0.25, 0.3) is 0 Å². The molecule has 1 unspecified atom stereocenters. The quantitative estimate of drug-likeness (QED) is 0.797. The van der Waals surface area contributed by atoms with Crippen molar-refractivity contribution in [2.24, 2.45) is 0 Å². The van der Waals surface area contributed by atoms with Crippen molar-refractivity contribution in [1.82, 2.24) is 0 Å². The molecule has 5 nitrogen and oxygen atoms in total. The number of hydrogen-bond donors (Lipinski definition) is 0. The molecule has 0 saturated carbocycles. The number of ether oxygens (including phenoxy) is 5. The minimum Gasteiger partial charge on any atom is -0.496 e. The van der Waals surface area contributed by atoms with Gasteiger partial charge in [-0.3, -0.25) is 0 Å². The highest BCUT2D eigenvalue weighted by atomic mass is 16.7. The third-order valence-electron chi connectivity index (χ3n) is 3.78. The largest absolute Gasteiger partial charge is 0.496 e. The van der Waals surface area contributed by atoms with Crippen molar-refractivity contribution < 1.29 is 23.7 Å². The molecular formula is C16H20O5. The first kappa shape index (κ1) is 14.5. The zero-order valence-corrected chi connectivity index (χ0v) is 12.0. The van der Waals surface area contributed by atoms with Crippen molar-refractivity contribution in [2.45, 2.75) is 37.3 Å². The maximum absolute atomic E-state index is 6.06. The molecule has 0 amide bonds. The van der Waals surface area contributed by atoms with Gasteiger partial charge in [-0.2, -0.15) is 0 Å². The van der Waals surface area contributed by atoms with Gasteiger partial charge >= 0.3 is 0 Å². The Labute approximate surface area is 124 Å². The van der Waals surface area contributed by atoms with Crippen LogP contribution in [0.5, 0.6) is 0 Å². The van der Waals surface area contributed by atoms with Crippen molar-refractivity contribution in [3.63, 3.8) is 0 Å². The summed E-state index contributed by atoms with van der Waals surface area (Å²) < 4.78 is 28.5. The minimum atomic E-state index is -0.397. The predicted molar refractivity (Wildman–Crippen MR) is 75.4 cm³/mol. The number of methoxy groups -OCH3 is 1. The molecule has 0 spiro atoms. The van der Waals surface area contributed by atoms with Crippen LogP contribution >= 0.6 is 0 Å². The highest BCUT2D eigenvalue weighted by Gasteiger charge is 2.45. The molecule has 21 heavy (non-hydrogen) atoms. The van der Waals surface area contributed by atoms with Gasteiger partial charge in [-0.25, -0.2) is 0 Å². The van der Waals surface area contributed by atoms with Crippen LogP contribution < -0.4 is 0 Å². The van der Waals surface area contributed by atoms with E-state index in [1.165, 1.54) is 6.26 Å². The lowest BCUT2D eigenvalue weighted by Gasteiger charge is -2.44. The molecular weight excluding hydrogens is 272 g/mol. The molecule has 2 aliphatic heterocycles. The van der Waals surface area contributed by atoms with Gasteiger partial charge in [0, 0.05) is 19.1 Å². The fourth-order valence-electron chi connectivity index (χ4n) is 2.76. The van der Waals surface area contributed by atoms with Gasteiger partial charge in [0.25, 0.3) is 0 Å². The summed E-state index contributed by atoms with van der Waals surface area (Å²) in [6.45, 7) is 4.08. The van der Waals surface area contributed by atoms with Gasteiger partial charge in [0.05, 0.1) is 12.9 Å². The summed E-state index contributed by atoms with van der Waals surface area (Å²) in [5.74, 6) is 0. The molecule has 0 radical (unpaired) electrons. The number of hydrogen-bond acceptors (Lipinski definition) is 5. The van der Waals surface area contributed by atoms with E-state index in [4.69, 9.17) is 23.7 Å². The Kier molecular flexibility index (Phi) is 4.55. The first-order chi connectivity index (χ1) is 10.3. The molecule has 0 bridgehead atoms. The van der Waals surface area contributed by atoms with E-state index in [0.717, 1.165) is 5.56 Å². The third-order valence-corrected chi connectivity index (χ3v) is 3.78. The summed E-state index contributed by atoms with van der Waals surface area (Å²) in [6, 6.07) is 9.85. The van der Waals surface area contributed by atoms with E-state index in [1.807, 2.05) is 30.3 Å². The Morgan fingerprint density at radius 1 is 1.24 bits per heavy atom. The van der Waals surface area contributed by atoms with E-state index in [1.54, 1.807) is 7.11 Å². The fourth-order valence-corrected chi connectivity index (χ4v) is 2.76. The summed E-state index contributed by atoms with van der Waals surface area (Å²) in [6.07, 6.45) is 0.785. The lowest BCUT2D eigenvalue weighted by atomic mass is 10.00. The number of fused-ring (bicyclic) bond motifs is 1.